The Kier molecular flexibility index (Phi) is 4.70. The van der Waals surface area contributed by atoms with Crippen molar-refractivity contribution in [2.75, 3.05) is 0 Å². The second-order valence-electron chi connectivity index (χ2n) is 6.47. The lowest BCUT2D eigenvalue weighted by Crippen LogP contribution is -2.33. The van der Waals surface area contributed by atoms with Crippen molar-refractivity contribution in [3.05, 3.63) is 65.2 Å². The van der Waals surface area contributed by atoms with E-state index in [-0.39, 0.29) is 17.5 Å². The first-order valence-electron chi connectivity index (χ1n) is 8.26. The molecular weight excluding hydrogens is 298 g/mol. The number of Topliss-reactive ketones (excluding diaryl/α,β-unsaturated/α-hetero) is 2. The van der Waals surface area contributed by atoms with Gasteiger partial charge in [-0.2, -0.15) is 0 Å². The average Bonchev–Trinajstić information content (AvgIpc) is 2.58. The third-order valence-corrected chi connectivity index (χ3v) is 4.72. The number of hydrogen-bond acceptors (Lipinski definition) is 3. The summed E-state index contributed by atoms with van der Waals surface area (Å²) in [5, 5.41) is 0. The fourth-order valence-electron chi connectivity index (χ4n) is 3.09. The van der Waals surface area contributed by atoms with Crippen LogP contribution in [0, 0.1) is 19.8 Å². The van der Waals surface area contributed by atoms with Crippen LogP contribution in [0.15, 0.2) is 53.5 Å². The van der Waals surface area contributed by atoms with Crippen LogP contribution in [0.25, 0.3) is 0 Å². The normalized spacial score (nSPS) is 21.4. The minimum atomic E-state index is -0.702. The molecule has 122 valence electrons. The van der Waals surface area contributed by atoms with Crippen molar-refractivity contribution in [2.24, 2.45) is 10.9 Å². The third-order valence-electron chi connectivity index (χ3n) is 4.72. The molecule has 0 spiro atoms. The van der Waals surface area contributed by atoms with Crippen LogP contribution in [0.5, 0.6) is 0 Å². The molecule has 1 saturated carbocycles. The Labute approximate surface area is 142 Å². The second-order valence-corrected chi connectivity index (χ2v) is 6.47. The van der Waals surface area contributed by atoms with E-state index in [1.807, 2.05) is 62.4 Å². The summed E-state index contributed by atoms with van der Waals surface area (Å²) in [5.74, 6) is -0.774. The summed E-state index contributed by atoms with van der Waals surface area (Å²) in [6, 6.07) is 15.7. The highest BCUT2D eigenvalue weighted by Gasteiger charge is 2.34. The van der Waals surface area contributed by atoms with Gasteiger partial charge in [-0.1, -0.05) is 36.4 Å². The SMILES string of the molecule is Cc1ccc(N=CC2C(=O)CC(c3ccccc3)CC2=O)cc1C. The number of benzene rings is 2. The molecule has 3 heteroatoms. The number of rotatable bonds is 3. The Balaban J connectivity index is 1.74. The summed E-state index contributed by atoms with van der Waals surface area (Å²) in [5.41, 5.74) is 4.19. The zero-order valence-corrected chi connectivity index (χ0v) is 14.0. The van der Waals surface area contributed by atoms with Gasteiger partial charge in [0.1, 0.15) is 17.5 Å². The third kappa shape index (κ3) is 3.51. The van der Waals surface area contributed by atoms with Crippen LogP contribution in [0.2, 0.25) is 0 Å². The number of carbonyl (C=O) groups excluding carboxylic acids is 2. The summed E-state index contributed by atoms with van der Waals surface area (Å²) >= 11 is 0. The van der Waals surface area contributed by atoms with Crippen molar-refractivity contribution >= 4 is 23.5 Å². The summed E-state index contributed by atoms with van der Waals surface area (Å²) < 4.78 is 0. The van der Waals surface area contributed by atoms with Crippen molar-refractivity contribution in [1.82, 2.24) is 0 Å². The zero-order valence-electron chi connectivity index (χ0n) is 14.0. The maximum Gasteiger partial charge on any atom is 0.149 e. The lowest BCUT2D eigenvalue weighted by atomic mass is 9.77. The molecule has 0 saturated heterocycles. The first-order valence-corrected chi connectivity index (χ1v) is 8.26. The van der Waals surface area contributed by atoms with Gasteiger partial charge in [-0.05, 0) is 48.6 Å². The molecule has 24 heavy (non-hydrogen) atoms. The highest BCUT2D eigenvalue weighted by atomic mass is 16.2. The molecule has 0 heterocycles. The molecule has 1 aliphatic carbocycles. The van der Waals surface area contributed by atoms with Crippen LogP contribution < -0.4 is 0 Å². The van der Waals surface area contributed by atoms with Gasteiger partial charge in [-0.25, -0.2) is 0 Å². The lowest BCUT2D eigenvalue weighted by molar-refractivity contribution is -0.133. The Hall–Kier alpha value is -2.55. The number of hydrogen-bond donors (Lipinski definition) is 0. The first-order chi connectivity index (χ1) is 11.5. The van der Waals surface area contributed by atoms with Gasteiger partial charge in [0, 0.05) is 19.1 Å². The first kappa shape index (κ1) is 16.3. The van der Waals surface area contributed by atoms with Crippen molar-refractivity contribution in [2.45, 2.75) is 32.6 Å². The molecule has 0 amide bonds. The monoisotopic (exact) mass is 319 g/mol. The summed E-state index contributed by atoms with van der Waals surface area (Å²) in [4.78, 5) is 29.2. The molecule has 0 atom stereocenters. The van der Waals surface area contributed by atoms with E-state index in [1.165, 1.54) is 11.8 Å². The van der Waals surface area contributed by atoms with E-state index in [4.69, 9.17) is 0 Å². The lowest BCUT2D eigenvalue weighted by Gasteiger charge is -2.24. The van der Waals surface area contributed by atoms with E-state index in [2.05, 4.69) is 4.99 Å². The number of aliphatic imine (C=N–C) groups is 1. The maximum absolute atomic E-state index is 12.4. The van der Waals surface area contributed by atoms with Crippen LogP contribution in [0.3, 0.4) is 0 Å². The standard InChI is InChI=1S/C21H21NO2/c1-14-8-9-18(10-15(14)2)22-13-19-20(23)11-17(12-21(19)24)16-6-4-3-5-7-16/h3-10,13,17,19H,11-12H2,1-2H3. The van der Waals surface area contributed by atoms with Crippen LogP contribution in [-0.4, -0.2) is 17.8 Å². The molecule has 3 nitrogen and oxygen atoms in total. The maximum atomic E-state index is 12.4. The van der Waals surface area contributed by atoms with Crippen molar-refractivity contribution < 1.29 is 9.59 Å². The van der Waals surface area contributed by atoms with Gasteiger partial charge in [-0.15, -0.1) is 0 Å². The van der Waals surface area contributed by atoms with E-state index in [0.717, 1.165) is 16.8 Å². The van der Waals surface area contributed by atoms with Crippen molar-refractivity contribution in [3.63, 3.8) is 0 Å². The van der Waals surface area contributed by atoms with Gasteiger partial charge in [0.2, 0.25) is 0 Å². The summed E-state index contributed by atoms with van der Waals surface area (Å²) in [6.07, 6.45) is 2.33. The Bertz CT molecular complexity index is 775. The number of aryl methyl sites for hydroxylation is 2. The molecule has 1 aliphatic rings. The Morgan fingerprint density at radius 2 is 1.58 bits per heavy atom. The van der Waals surface area contributed by atoms with Crippen LogP contribution >= 0.6 is 0 Å². The minimum absolute atomic E-state index is 0.00234. The summed E-state index contributed by atoms with van der Waals surface area (Å²) in [7, 11) is 0. The van der Waals surface area contributed by atoms with Crippen LogP contribution in [0.1, 0.15) is 35.4 Å². The fraction of sp³-hybridized carbons (Fsp3) is 0.286. The molecular formula is C21H21NO2. The Morgan fingerprint density at radius 1 is 0.917 bits per heavy atom. The predicted octanol–water partition coefficient (Wildman–Crippen LogP) is 4.34. The van der Waals surface area contributed by atoms with Crippen molar-refractivity contribution in [3.8, 4) is 0 Å². The number of ketones is 2. The number of nitrogens with zero attached hydrogens (tertiary/aromatic N) is 1. The van der Waals surface area contributed by atoms with Crippen LogP contribution in [0.4, 0.5) is 5.69 Å². The smallest absolute Gasteiger partial charge is 0.149 e. The van der Waals surface area contributed by atoms with E-state index < -0.39 is 5.92 Å². The molecule has 0 unspecified atom stereocenters. The van der Waals surface area contributed by atoms with Crippen molar-refractivity contribution in [1.29, 1.82) is 0 Å². The zero-order chi connectivity index (χ0) is 17.1. The molecule has 0 radical (unpaired) electrons. The van der Waals surface area contributed by atoms with Gasteiger partial charge < -0.3 is 0 Å². The molecule has 3 rings (SSSR count). The largest absolute Gasteiger partial charge is 0.298 e. The average molecular weight is 319 g/mol. The van der Waals surface area contributed by atoms with Crippen LogP contribution in [-0.2, 0) is 9.59 Å². The van der Waals surface area contributed by atoms with Gasteiger partial charge in [0.05, 0.1) is 5.69 Å². The number of carbonyl (C=O) groups is 2. The molecule has 1 fully saturated rings. The second kappa shape index (κ2) is 6.91. The predicted molar refractivity (Wildman–Crippen MR) is 96.0 cm³/mol. The van der Waals surface area contributed by atoms with Gasteiger partial charge in [-0.3, -0.25) is 14.6 Å². The quantitative estimate of drug-likeness (QED) is 0.624. The van der Waals surface area contributed by atoms with E-state index >= 15 is 0 Å². The van der Waals surface area contributed by atoms with E-state index in [0.29, 0.717) is 12.8 Å². The highest BCUT2D eigenvalue weighted by Crippen LogP contribution is 2.31. The van der Waals surface area contributed by atoms with Gasteiger partial charge in [0.15, 0.2) is 0 Å². The highest BCUT2D eigenvalue weighted by molar-refractivity contribution is 6.16. The molecule has 0 aromatic heterocycles. The minimum Gasteiger partial charge on any atom is -0.298 e. The summed E-state index contributed by atoms with van der Waals surface area (Å²) in [6.45, 7) is 4.07. The molecule has 0 aliphatic heterocycles. The molecule has 2 aromatic rings. The fourth-order valence-corrected chi connectivity index (χ4v) is 3.09. The van der Waals surface area contributed by atoms with E-state index in [1.54, 1.807) is 0 Å². The van der Waals surface area contributed by atoms with E-state index in [9.17, 15) is 9.59 Å². The molecule has 0 bridgehead atoms. The topological polar surface area (TPSA) is 46.5 Å². The Morgan fingerprint density at radius 3 is 2.21 bits per heavy atom. The van der Waals surface area contributed by atoms with Gasteiger partial charge in [0.25, 0.3) is 0 Å². The van der Waals surface area contributed by atoms with Gasteiger partial charge >= 0.3 is 0 Å². The molecule has 0 N–H and O–H groups in total. The molecule has 2 aromatic carbocycles.